The van der Waals surface area contributed by atoms with Crippen LogP contribution in [0.4, 0.5) is 11.5 Å². The average molecular weight is 388 g/mol. The van der Waals surface area contributed by atoms with Gasteiger partial charge in [-0.3, -0.25) is 4.79 Å². The SMILES string of the molecule is O=C(Nc1ccc(N2CCCCC2)nc1)c1nnn(-c2ccccc2)c1C1CC1. The lowest BCUT2D eigenvalue weighted by atomic mass is 10.1. The summed E-state index contributed by atoms with van der Waals surface area (Å²) < 4.78 is 1.80. The molecule has 1 saturated carbocycles. The molecule has 1 saturated heterocycles. The number of aromatic nitrogens is 4. The molecular formula is C22H24N6O. The molecule has 1 N–H and O–H groups in total. The first-order valence-corrected chi connectivity index (χ1v) is 10.3. The normalized spacial score (nSPS) is 16.6. The van der Waals surface area contributed by atoms with Gasteiger partial charge < -0.3 is 10.2 Å². The van der Waals surface area contributed by atoms with Gasteiger partial charge in [-0.25, -0.2) is 9.67 Å². The topological polar surface area (TPSA) is 75.9 Å². The van der Waals surface area contributed by atoms with E-state index in [0.29, 0.717) is 17.3 Å². The molecule has 7 heteroatoms. The highest BCUT2D eigenvalue weighted by Gasteiger charge is 2.34. The fraction of sp³-hybridized carbons (Fsp3) is 0.364. The maximum absolute atomic E-state index is 12.9. The maximum Gasteiger partial charge on any atom is 0.278 e. The van der Waals surface area contributed by atoms with Gasteiger partial charge in [0.25, 0.3) is 5.91 Å². The number of pyridine rings is 1. The summed E-state index contributed by atoms with van der Waals surface area (Å²) in [6.07, 6.45) is 7.55. The molecule has 3 aromatic rings. The number of rotatable bonds is 5. The number of carbonyl (C=O) groups excluding carboxylic acids is 1. The number of hydrogen-bond donors (Lipinski definition) is 1. The largest absolute Gasteiger partial charge is 0.357 e. The molecule has 0 atom stereocenters. The van der Waals surface area contributed by atoms with Gasteiger partial charge in [-0.05, 0) is 56.4 Å². The number of carbonyl (C=O) groups is 1. The van der Waals surface area contributed by atoms with Gasteiger partial charge in [0.2, 0.25) is 0 Å². The zero-order valence-electron chi connectivity index (χ0n) is 16.3. The van der Waals surface area contributed by atoms with E-state index in [1.54, 1.807) is 10.9 Å². The van der Waals surface area contributed by atoms with Crippen LogP contribution in [0.15, 0.2) is 48.7 Å². The van der Waals surface area contributed by atoms with Gasteiger partial charge in [-0.1, -0.05) is 23.4 Å². The molecule has 2 fully saturated rings. The number of para-hydroxylation sites is 1. The minimum absolute atomic E-state index is 0.235. The molecule has 1 amide bonds. The lowest BCUT2D eigenvalue weighted by Crippen LogP contribution is -2.30. The Balaban J connectivity index is 1.35. The minimum Gasteiger partial charge on any atom is -0.357 e. The number of nitrogens with zero attached hydrogens (tertiary/aromatic N) is 5. The van der Waals surface area contributed by atoms with Gasteiger partial charge in [0, 0.05) is 19.0 Å². The smallest absolute Gasteiger partial charge is 0.278 e. The van der Waals surface area contributed by atoms with Crippen LogP contribution in [0.2, 0.25) is 0 Å². The Labute approximate surface area is 169 Å². The summed E-state index contributed by atoms with van der Waals surface area (Å²) in [6.45, 7) is 2.10. The summed E-state index contributed by atoms with van der Waals surface area (Å²) in [7, 11) is 0. The zero-order valence-corrected chi connectivity index (χ0v) is 16.3. The Morgan fingerprint density at radius 2 is 1.79 bits per heavy atom. The minimum atomic E-state index is -0.235. The molecular weight excluding hydrogens is 364 g/mol. The van der Waals surface area contributed by atoms with Gasteiger partial charge >= 0.3 is 0 Å². The van der Waals surface area contributed by atoms with Crippen molar-refractivity contribution < 1.29 is 4.79 Å². The van der Waals surface area contributed by atoms with E-state index in [-0.39, 0.29) is 5.91 Å². The Morgan fingerprint density at radius 1 is 1.00 bits per heavy atom. The van der Waals surface area contributed by atoms with Crippen molar-refractivity contribution in [3.63, 3.8) is 0 Å². The Bertz CT molecular complexity index is 988. The average Bonchev–Trinajstić information content (AvgIpc) is 3.53. The molecule has 1 aliphatic heterocycles. The Kier molecular flexibility index (Phi) is 4.71. The molecule has 148 valence electrons. The van der Waals surface area contributed by atoms with Crippen LogP contribution >= 0.6 is 0 Å². The number of amides is 1. The summed E-state index contributed by atoms with van der Waals surface area (Å²) in [5.41, 5.74) is 2.89. The number of hydrogen-bond acceptors (Lipinski definition) is 5. The molecule has 0 radical (unpaired) electrons. The number of piperidine rings is 1. The second-order valence-corrected chi connectivity index (χ2v) is 7.75. The van der Waals surface area contributed by atoms with Crippen molar-refractivity contribution in [2.24, 2.45) is 0 Å². The lowest BCUT2D eigenvalue weighted by molar-refractivity contribution is 0.102. The fourth-order valence-corrected chi connectivity index (χ4v) is 3.89. The van der Waals surface area contributed by atoms with E-state index < -0.39 is 0 Å². The number of anilines is 2. The van der Waals surface area contributed by atoms with Crippen LogP contribution in [-0.4, -0.2) is 39.0 Å². The number of benzene rings is 1. The first kappa shape index (κ1) is 17.8. The van der Waals surface area contributed by atoms with Crippen molar-refractivity contribution in [1.82, 2.24) is 20.0 Å². The van der Waals surface area contributed by atoms with Crippen LogP contribution in [0.3, 0.4) is 0 Å². The van der Waals surface area contributed by atoms with Crippen molar-refractivity contribution in [2.45, 2.75) is 38.0 Å². The van der Waals surface area contributed by atoms with E-state index in [4.69, 9.17) is 0 Å². The van der Waals surface area contributed by atoms with Crippen LogP contribution in [0.25, 0.3) is 5.69 Å². The second-order valence-electron chi connectivity index (χ2n) is 7.75. The molecule has 1 aliphatic carbocycles. The first-order valence-electron chi connectivity index (χ1n) is 10.3. The Morgan fingerprint density at radius 3 is 2.48 bits per heavy atom. The van der Waals surface area contributed by atoms with Crippen LogP contribution in [0, 0.1) is 0 Å². The van der Waals surface area contributed by atoms with Crippen LogP contribution < -0.4 is 10.2 Å². The summed E-state index contributed by atoms with van der Waals surface area (Å²) in [5, 5.41) is 11.4. The maximum atomic E-state index is 12.9. The monoisotopic (exact) mass is 388 g/mol. The third-order valence-electron chi connectivity index (χ3n) is 5.57. The third kappa shape index (κ3) is 3.72. The molecule has 3 heterocycles. The van der Waals surface area contributed by atoms with Gasteiger partial charge in [-0.15, -0.1) is 5.10 Å². The molecule has 7 nitrogen and oxygen atoms in total. The predicted molar refractivity (Wildman–Crippen MR) is 112 cm³/mol. The molecule has 1 aromatic carbocycles. The highest BCUT2D eigenvalue weighted by Crippen LogP contribution is 2.42. The molecule has 0 unspecified atom stereocenters. The highest BCUT2D eigenvalue weighted by molar-refractivity contribution is 6.03. The summed E-state index contributed by atoms with van der Waals surface area (Å²) in [6, 6.07) is 13.7. The third-order valence-corrected chi connectivity index (χ3v) is 5.57. The fourth-order valence-electron chi connectivity index (χ4n) is 3.89. The van der Waals surface area contributed by atoms with Crippen molar-refractivity contribution >= 4 is 17.4 Å². The van der Waals surface area contributed by atoms with E-state index in [9.17, 15) is 4.79 Å². The summed E-state index contributed by atoms with van der Waals surface area (Å²) in [5.74, 6) is 1.07. The van der Waals surface area contributed by atoms with Crippen LogP contribution in [-0.2, 0) is 0 Å². The van der Waals surface area contributed by atoms with E-state index in [2.05, 4.69) is 25.5 Å². The number of nitrogens with one attached hydrogen (secondary N) is 1. The van der Waals surface area contributed by atoms with Crippen molar-refractivity contribution in [3.8, 4) is 5.69 Å². The first-order chi connectivity index (χ1) is 14.3. The Hall–Kier alpha value is -3.22. The molecule has 0 bridgehead atoms. The van der Waals surface area contributed by atoms with E-state index in [0.717, 1.165) is 43.1 Å². The van der Waals surface area contributed by atoms with Gasteiger partial charge in [0.15, 0.2) is 5.69 Å². The van der Waals surface area contributed by atoms with Crippen LogP contribution in [0.1, 0.15) is 54.2 Å². The summed E-state index contributed by atoms with van der Waals surface area (Å²) in [4.78, 5) is 19.8. The van der Waals surface area contributed by atoms with Crippen molar-refractivity contribution in [2.75, 3.05) is 23.3 Å². The standard InChI is InChI=1S/C22H24N6O/c29-22(24-17-11-12-19(23-15-17)27-13-5-2-6-14-27)20-21(16-9-10-16)28(26-25-20)18-7-3-1-4-8-18/h1,3-4,7-8,11-12,15-16H,2,5-6,9-10,13-14H2,(H,24,29). The second kappa shape index (κ2) is 7.66. The van der Waals surface area contributed by atoms with Crippen LogP contribution in [0.5, 0.6) is 0 Å². The van der Waals surface area contributed by atoms with Gasteiger partial charge in [-0.2, -0.15) is 0 Å². The molecule has 5 rings (SSSR count). The molecule has 29 heavy (non-hydrogen) atoms. The lowest BCUT2D eigenvalue weighted by Gasteiger charge is -2.27. The predicted octanol–water partition coefficient (Wildman–Crippen LogP) is 3.78. The molecule has 2 aliphatic rings. The van der Waals surface area contributed by atoms with Gasteiger partial charge in [0.05, 0.1) is 23.3 Å². The van der Waals surface area contributed by atoms with Gasteiger partial charge in [0.1, 0.15) is 5.82 Å². The zero-order chi connectivity index (χ0) is 19.6. The molecule has 0 spiro atoms. The van der Waals surface area contributed by atoms with E-state index in [1.165, 1.54) is 19.3 Å². The van der Waals surface area contributed by atoms with E-state index >= 15 is 0 Å². The molecule has 2 aromatic heterocycles. The highest BCUT2D eigenvalue weighted by atomic mass is 16.2. The van der Waals surface area contributed by atoms with Crippen molar-refractivity contribution in [3.05, 3.63) is 60.0 Å². The van der Waals surface area contributed by atoms with E-state index in [1.807, 2.05) is 42.5 Å². The summed E-state index contributed by atoms with van der Waals surface area (Å²) >= 11 is 0. The van der Waals surface area contributed by atoms with Crippen molar-refractivity contribution in [1.29, 1.82) is 0 Å². The quantitative estimate of drug-likeness (QED) is 0.720.